The number of benzene rings is 1. The van der Waals surface area contributed by atoms with Gasteiger partial charge in [0.2, 0.25) is 0 Å². The van der Waals surface area contributed by atoms with Gasteiger partial charge in [-0.25, -0.2) is 0 Å². The van der Waals surface area contributed by atoms with E-state index in [1.807, 2.05) is 6.92 Å². The third-order valence-corrected chi connectivity index (χ3v) is 4.77. The Morgan fingerprint density at radius 2 is 1.87 bits per heavy atom. The van der Waals surface area contributed by atoms with Gasteiger partial charge < -0.3 is 5.11 Å². The number of likely N-dealkylation sites (N-methyl/N-ethyl adjacent to an activating group) is 1. The van der Waals surface area contributed by atoms with Crippen molar-refractivity contribution in [2.24, 2.45) is 0 Å². The molecule has 1 aromatic rings. The molecule has 0 radical (unpaired) electrons. The molecule has 5 heteroatoms. The molecule has 23 heavy (non-hydrogen) atoms. The Balaban J connectivity index is 0.00000264. The molecule has 0 aliphatic carbocycles. The summed E-state index contributed by atoms with van der Waals surface area (Å²) in [6, 6.07) is 11.6. The number of carboxylic acid groups (broad SMARTS) is 1. The topological polar surface area (TPSA) is 43.8 Å². The number of piperidine rings is 1. The lowest BCUT2D eigenvalue weighted by atomic mass is 9.97. The van der Waals surface area contributed by atoms with Gasteiger partial charge in [-0.3, -0.25) is 14.6 Å². The van der Waals surface area contributed by atoms with Gasteiger partial charge in [-0.05, 0) is 31.4 Å². The minimum Gasteiger partial charge on any atom is -0.480 e. The molecule has 2 rings (SSSR count). The smallest absolute Gasteiger partial charge is 0.317 e. The van der Waals surface area contributed by atoms with E-state index in [0.717, 1.165) is 38.9 Å². The normalized spacial score (nSPS) is 17.7. The van der Waals surface area contributed by atoms with Crippen LogP contribution in [0, 0.1) is 0 Å². The molecule has 1 N–H and O–H groups in total. The van der Waals surface area contributed by atoms with E-state index in [2.05, 4.69) is 47.1 Å². The van der Waals surface area contributed by atoms with Crippen LogP contribution < -0.4 is 0 Å². The minimum atomic E-state index is -0.722. The minimum absolute atomic E-state index is 0. The number of halogens is 1. The Hall–Kier alpha value is -1.10. The third kappa shape index (κ3) is 5.48. The van der Waals surface area contributed by atoms with Crippen LogP contribution in [-0.2, 0) is 4.79 Å². The highest BCUT2D eigenvalue weighted by atomic mass is 35.5. The molecule has 4 nitrogen and oxygen atoms in total. The number of nitrogens with zero attached hydrogens (tertiary/aromatic N) is 2. The molecule has 1 heterocycles. The van der Waals surface area contributed by atoms with Gasteiger partial charge in [0.05, 0.1) is 6.54 Å². The summed E-state index contributed by atoms with van der Waals surface area (Å²) in [4.78, 5) is 15.6. The van der Waals surface area contributed by atoms with Crippen molar-refractivity contribution in [1.82, 2.24) is 9.80 Å². The standard InChI is InChI=1S/C18H28N2O2.ClH/c1-3-17(15-8-6-5-7-9-15)20-12-10-16(11-13-20)19(4-2)14-18(21)22;/h5-9,16-17H,3-4,10-14H2,1-2H3,(H,21,22);1H. The largest absolute Gasteiger partial charge is 0.480 e. The van der Waals surface area contributed by atoms with Gasteiger partial charge in [0.25, 0.3) is 0 Å². The summed E-state index contributed by atoms with van der Waals surface area (Å²) in [5, 5.41) is 9.02. The van der Waals surface area contributed by atoms with Crippen molar-refractivity contribution in [3.8, 4) is 0 Å². The van der Waals surface area contributed by atoms with Crippen LogP contribution in [-0.4, -0.2) is 53.1 Å². The van der Waals surface area contributed by atoms with E-state index in [9.17, 15) is 4.79 Å². The fourth-order valence-corrected chi connectivity index (χ4v) is 3.62. The van der Waals surface area contributed by atoms with E-state index in [1.54, 1.807) is 0 Å². The van der Waals surface area contributed by atoms with Crippen molar-refractivity contribution in [2.45, 2.75) is 45.2 Å². The molecule has 0 aromatic heterocycles. The maximum Gasteiger partial charge on any atom is 0.317 e. The van der Waals surface area contributed by atoms with E-state index in [0.29, 0.717) is 12.1 Å². The Morgan fingerprint density at radius 1 is 1.26 bits per heavy atom. The lowest BCUT2D eigenvalue weighted by molar-refractivity contribution is -0.139. The zero-order valence-electron chi connectivity index (χ0n) is 14.1. The highest BCUT2D eigenvalue weighted by Gasteiger charge is 2.28. The fraction of sp³-hybridized carbons (Fsp3) is 0.611. The monoisotopic (exact) mass is 340 g/mol. The summed E-state index contributed by atoms with van der Waals surface area (Å²) < 4.78 is 0. The van der Waals surface area contributed by atoms with Crippen LogP contribution in [0.5, 0.6) is 0 Å². The quantitative estimate of drug-likeness (QED) is 0.825. The summed E-state index contributed by atoms with van der Waals surface area (Å²) in [6.45, 7) is 7.37. The summed E-state index contributed by atoms with van der Waals surface area (Å²) >= 11 is 0. The maximum absolute atomic E-state index is 11.0. The van der Waals surface area contributed by atoms with Gasteiger partial charge in [0.15, 0.2) is 0 Å². The molecule has 0 amide bonds. The summed E-state index contributed by atoms with van der Waals surface area (Å²) in [7, 11) is 0. The molecule has 1 aromatic carbocycles. The number of hydrogen-bond acceptors (Lipinski definition) is 3. The molecule has 1 aliphatic rings. The van der Waals surface area contributed by atoms with Crippen molar-refractivity contribution in [2.75, 3.05) is 26.2 Å². The summed E-state index contributed by atoms with van der Waals surface area (Å²) in [6.07, 6.45) is 3.23. The number of rotatable bonds is 7. The number of likely N-dealkylation sites (tertiary alicyclic amines) is 1. The fourth-order valence-electron chi connectivity index (χ4n) is 3.62. The van der Waals surface area contributed by atoms with Crippen LogP contribution in [0.15, 0.2) is 30.3 Å². The zero-order valence-corrected chi connectivity index (χ0v) is 15.0. The zero-order chi connectivity index (χ0) is 15.9. The molecule has 0 bridgehead atoms. The maximum atomic E-state index is 11.0. The summed E-state index contributed by atoms with van der Waals surface area (Å²) in [5.74, 6) is -0.722. The van der Waals surface area contributed by atoms with E-state index < -0.39 is 5.97 Å². The van der Waals surface area contributed by atoms with Crippen molar-refractivity contribution in [3.05, 3.63) is 35.9 Å². The van der Waals surface area contributed by atoms with E-state index in [4.69, 9.17) is 5.11 Å². The van der Waals surface area contributed by atoms with E-state index in [1.165, 1.54) is 5.56 Å². The van der Waals surface area contributed by atoms with Crippen molar-refractivity contribution < 1.29 is 9.90 Å². The number of carbonyl (C=O) groups is 1. The molecule has 1 atom stereocenters. The lowest BCUT2D eigenvalue weighted by Crippen LogP contribution is -2.47. The number of hydrogen-bond donors (Lipinski definition) is 1. The van der Waals surface area contributed by atoms with Gasteiger partial charge in [0.1, 0.15) is 0 Å². The van der Waals surface area contributed by atoms with Crippen LogP contribution in [0.25, 0.3) is 0 Å². The lowest BCUT2D eigenvalue weighted by Gasteiger charge is -2.41. The molecule has 1 unspecified atom stereocenters. The highest BCUT2D eigenvalue weighted by Crippen LogP contribution is 2.28. The van der Waals surface area contributed by atoms with Gasteiger partial charge in [0, 0.05) is 25.2 Å². The average molecular weight is 341 g/mol. The number of aliphatic carboxylic acids is 1. The predicted octanol–water partition coefficient (Wildman–Crippen LogP) is 3.43. The van der Waals surface area contributed by atoms with Crippen molar-refractivity contribution >= 4 is 18.4 Å². The van der Waals surface area contributed by atoms with Crippen LogP contribution in [0.4, 0.5) is 0 Å². The first-order valence-electron chi connectivity index (χ1n) is 8.40. The molecular weight excluding hydrogens is 312 g/mol. The molecular formula is C18H29ClN2O2. The molecule has 0 saturated carbocycles. The Kier molecular flexibility index (Phi) is 8.59. The van der Waals surface area contributed by atoms with Crippen LogP contribution in [0.1, 0.15) is 44.7 Å². The second-order valence-electron chi connectivity index (χ2n) is 6.06. The molecule has 1 aliphatic heterocycles. The molecule has 1 saturated heterocycles. The van der Waals surface area contributed by atoms with Crippen LogP contribution in [0.2, 0.25) is 0 Å². The van der Waals surface area contributed by atoms with Crippen LogP contribution >= 0.6 is 12.4 Å². The van der Waals surface area contributed by atoms with Gasteiger partial charge in [-0.2, -0.15) is 0 Å². The molecule has 0 spiro atoms. The first kappa shape index (κ1) is 19.9. The van der Waals surface area contributed by atoms with Gasteiger partial charge >= 0.3 is 5.97 Å². The van der Waals surface area contributed by atoms with Gasteiger partial charge in [-0.1, -0.05) is 44.2 Å². The Labute approximate surface area is 145 Å². The first-order chi connectivity index (χ1) is 10.7. The third-order valence-electron chi connectivity index (χ3n) is 4.77. The predicted molar refractivity (Wildman–Crippen MR) is 96.2 cm³/mol. The average Bonchev–Trinajstić information content (AvgIpc) is 2.55. The molecule has 1 fully saturated rings. The second kappa shape index (κ2) is 9.91. The second-order valence-corrected chi connectivity index (χ2v) is 6.06. The first-order valence-corrected chi connectivity index (χ1v) is 8.40. The highest BCUT2D eigenvalue weighted by molar-refractivity contribution is 5.85. The Morgan fingerprint density at radius 3 is 2.35 bits per heavy atom. The van der Waals surface area contributed by atoms with Crippen molar-refractivity contribution in [1.29, 1.82) is 0 Å². The van der Waals surface area contributed by atoms with E-state index >= 15 is 0 Å². The van der Waals surface area contributed by atoms with E-state index in [-0.39, 0.29) is 19.0 Å². The number of carboxylic acids is 1. The van der Waals surface area contributed by atoms with Crippen LogP contribution in [0.3, 0.4) is 0 Å². The van der Waals surface area contributed by atoms with Gasteiger partial charge in [-0.15, -0.1) is 12.4 Å². The van der Waals surface area contributed by atoms with Crippen molar-refractivity contribution in [3.63, 3.8) is 0 Å². The molecule has 130 valence electrons. The SMILES string of the molecule is CCC(c1ccccc1)N1CCC(N(CC)CC(=O)O)CC1.Cl. The Bertz CT molecular complexity index is 461. The summed E-state index contributed by atoms with van der Waals surface area (Å²) in [5.41, 5.74) is 1.39.